The first-order chi connectivity index (χ1) is 8.63. The first kappa shape index (κ1) is 11.8. The van der Waals surface area contributed by atoms with Gasteiger partial charge in [-0.1, -0.05) is 6.92 Å². The van der Waals surface area contributed by atoms with Gasteiger partial charge in [0.2, 0.25) is 16.8 Å². The zero-order chi connectivity index (χ0) is 12.8. The molecule has 0 unspecified atom stereocenters. The van der Waals surface area contributed by atoms with E-state index in [0.29, 0.717) is 18.0 Å². The van der Waals surface area contributed by atoms with E-state index >= 15 is 0 Å². The molecular formula is C12H15NO4S. The van der Waals surface area contributed by atoms with E-state index in [2.05, 4.69) is 0 Å². The van der Waals surface area contributed by atoms with Crippen LogP contribution in [0, 0.1) is 0 Å². The normalized spacial score (nSPS) is 18.3. The third-order valence-electron chi connectivity index (χ3n) is 3.22. The molecule has 0 amide bonds. The Morgan fingerprint density at radius 1 is 1.28 bits per heavy atom. The number of benzene rings is 1. The molecule has 5 nitrogen and oxygen atoms in total. The minimum absolute atomic E-state index is 0.152. The predicted octanol–water partition coefficient (Wildman–Crippen LogP) is 1.59. The first-order valence-electron chi connectivity index (χ1n) is 6.04. The van der Waals surface area contributed by atoms with Gasteiger partial charge in [-0.15, -0.1) is 0 Å². The summed E-state index contributed by atoms with van der Waals surface area (Å²) in [4.78, 5) is 0.278. The Labute approximate surface area is 106 Å². The maximum atomic E-state index is 12.5. The van der Waals surface area contributed by atoms with E-state index in [1.807, 2.05) is 6.92 Å². The SMILES string of the molecule is CCN(C1CC1)S(=O)(=O)c1ccc2c(c1)OCO2. The summed E-state index contributed by atoms with van der Waals surface area (Å²) < 4.78 is 36.9. The summed E-state index contributed by atoms with van der Waals surface area (Å²) in [5.74, 6) is 1.10. The zero-order valence-corrected chi connectivity index (χ0v) is 10.9. The van der Waals surface area contributed by atoms with Crippen LogP contribution in [-0.2, 0) is 10.0 Å². The lowest BCUT2D eigenvalue weighted by Gasteiger charge is -2.19. The Hall–Kier alpha value is -1.27. The average molecular weight is 269 g/mol. The van der Waals surface area contributed by atoms with Crippen molar-refractivity contribution in [3.8, 4) is 11.5 Å². The van der Waals surface area contributed by atoms with Crippen molar-refractivity contribution in [1.82, 2.24) is 4.31 Å². The number of fused-ring (bicyclic) bond motifs is 1. The van der Waals surface area contributed by atoms with E-state index in [1.54, 1.807) is 22.5 Å². The van der Waals surface area contributed by atoms with Crippen LogP contribution in [0.25, 0.3) is 0 Å². The highest BCUT2D eigenvalue weighted by molar-refractivity contribution is 7.89. The van der Waals surface area contributed by atoms with Gasteiger partial charge in [0.1, 0.15) is 0 Å². The summed E-state index contributed by atoms with van der Waals surface area (Å²) in [6.45, 7) is 2.52. The molecular weight excluding hydrogens is 254 g/mol. The fourth-order valence-electron chi connectivity index (χ4n) is 2.16. The van der Waals surface area contributed by atoms with E-state index in [-0.39, 0.29) is 17.7 Å². The Balaban J connectivity index is 1.97. The molecule has 98 valence electrons. The van der Waals surface area contributed by atoms with Gasteiger partial charge in [-0.3, -0.25) is 0 Å². The monoisotopic (exact) mass is 269 g/mol. The topological polar surface area (TPSA) is 55.8 Å². The average Bonchev–Trinajstić information content (AvgIpc) is 3.06. The van der Waals surface area contributed by atoms with Crippen molar-refractivity contribution in [2.45, 2.75) is 30.7 Å². The highest BCUT2D eigenvalue weighted by Crippen LogP contribution is 2.37. The highest BCUT2D eigenvalue weighted by atomic mass is 32.2. The Morgan fingerprint density at radius 2 is 2.00 bits per heavy atom. The third-order valence-corrected chi connectivity index (χ3v) is 5.24. The van der Waals surface area contributed by atoms with Crippen LogP contribution >= 0.6 is 0 Å². The van der Waals surface area contributed by atoms with Gasteiger partial charge < -0.3 is 9.47 Å². The van der Waals surface area contributed by atoms with Crippen molar-refractivity contribution < 1.29 is 17.9 Å². The summed E-state index contributed by atoms with van der Waals surface area (Å²) >= 11 is 0. The molecule has 1 saturated carbocycles. The standard InChI is InChI=1S/C12H15NO4S/c1-2-13(9-3-4-9)18(14,15)10-5-6-11-12(7-10)17-8-16-11/h5-7,9H,2-4,8H2,1H3. The van der Waals surface area contributed by atoms with Crippen molar-refractivity contribution >= 4 is 10.0 Å². The van der Waals surface area contributed by atoms with Gasteiger partial charge >= 0.3 is 0 Å². The quantitative estimate of drug-likeness (QED) is 0.833. The van der Waals surface area contributed by atoms with Crippen LogP contribution in [-0.4, -0.2) is 32.1 Å². The molecule has 0 aromatic heterocycles. The molecule has 1 aliphatic heterocycles. The molecule has 1 aliphatic carbocycles. The Kier molecular flexibility index (Phi) is 2.71. The number of hydrogen-bond acceptors (Lipinski definition) is 4. The summed E-state index contributed by atoms with van der Waals surface area (Å²) in [5.41, 5.74) is 0. The van der Waals surface area contributed by atoms with Crippen molar-refractivity contribution in [2.75, 3.05) is 13.3 Å². The highest BCUT2D eigenvalue weighted by Gasteiger charge is 2.37. The molecule has 6 heteroatoms. The second-order valence-corrected chi connectivity index (χ2v) is 6.35. The molecule has 0 atom stereocenters. The molecule has 1 aromatic rings. The zero-order valence-electron chi connectivity index (χ0n) is 10.1. The van der Waals surface area contributed by atoms with Crippen molar-refractivity contribution in [3.63, 3.8) is 0 Å². The number of sulfonamides is 1. The van der Waals surface area contributed by atoms with Gasteiger partial charge in [-0.25, -0.2) is 8.42 Å². The Morgan fingerprint density at radius 3 is 2.67 bits per heavy atom. The van der Waals surface area contributed by atoms with E-state index in [0.717, 1.165) is 12.8 Å². The Bertz CT molecular complexity index is 565. The molecule has 0 bridgehead atoms. The van der Waals surface area contributed by atoms with Crippen LogP contribution in [0.5, 0.6) is 11.5 Å². The predicted molar refractivity (Wildman–Crippen MR) is 65.2 cm³/mol. The lowest BCUT2D eigenvalue weighted by atomic mass is 10.3. The minimum atomic E-state index is -3.41. The van der Waals surface area contributed by atoms with Crippen LogP contribution in [0.3, 0.4) is 0 Å². The summed E-state index contributed by atoms with van der Waals surface area (Å²) in [6.07, 6.45) is 1.91. The number of ether oxygens (including phenoxy) is 2. The first-order valence-corrected chi connectivity index (χ1v) is 7.48. The summed E-state index contributed by atoms with van der Waals surface area (Å²) in [5, 5.41) is 0. The van der Waals surface area contributed by atoms with Crippen molar-refractivity contribution in [3.05, 3.63) is 18.2 Å². The van der Waals surface area contributed by atoms with E-state index < -0.39 is 10.0 Å². The fourth-order valence-corrected chi connectivity index (χ4v) is 3.87. The number of rotatable bonds is 4. The largest absolute Gasteiger partial charge is 0.454 e. The van der Waals surface area contributed by atoms with E-state index in [1.165, 1.54) is 0 Å². The second-order valence-electron chi connectivity index (χ2n) is 4.45. The molecule has 1 fully saturated rings. The van der Waals surface area contributed by atoms with Crippen LogP contribution in [0.15, 0.2) is 23.1 Å². The van der Waals surface area contributed by atoms with Crippen LogP contribution in [0.4, 0.5) is 0 Å². The maximum absolute atomic E-state index is 12.5. The molecule has 2 aliphatic rings. The molecule has 0 spiro atoms. The molecule has 18 heavy (non-hydrogen) atoms. The molecule has 0 saturated heterocycles. The van der Waals surface area contributed by atoms with Gasteiger partial charge in [0.25, 0.3) is 0 Å². The van der Waals surface area contributed by atoms with Gasteiger partial charge in [-0.05, 0) is 25.0 Å². The van der Waals surface area contributed by atoms with E-state index in [9.17, 15) is 8.42 Å². The smallest absolute Gasteiger partial charge is 0.243 e. The van der Waals surface area contributed by atoms with Crippen LogP contribution < -0.4 is 9.47 Å². The fraction of sp³-hybridized carbons (Fsp3) is 0.500. The van der Waals surface area contributed by atoms with Crippen LogP contribution in [0.1, 0.15) is 19.8 Å². The third kappa shape index (κ3) is 1.85. The summed E-state index contributed by atoms with van der Waals surface area (Å²) in [6, 6.07) is 4.94. The lowest BCUT2D eigenvalue weighted by molar-refractivity contribution is 0.174. The number of nitrogens with zero attached hydrogens (tertiary/aromatic N) is 1. The molecule has 3 rings (SSSR count). The lowest BCUT2D eigenvalue weighted by Crippen LogP contribution is -2.32. The van der Waals surface area contributed by atoms with Gasteiger partial charge in [0.15, 0.2) is 11.5 Å². The summed E-state index contributed by atoms with van der Waals surface area (Å²) in [7, 11) is -3.41. The van der Waals surface area contributed by atoms with Gasteiger partial charge in [0, 0.05) is 18.7 Å². The minimum Gasteiger partial charge on any atom is -0.454 e. The van der Waals surface area contributed by atoms with Crippen molar-refractivity contribution in [2.24, 2.45) is 0 Å². The van der Waals surface area contributed by atoms with Gasteiger partial charge in [0.05, 0.1) is 4.90 Å². The van der Waals surface area contributed by atoms with E-state index in [4.69, 9.17) is 9.47 Å². The molecule has 1 heterocycles. The van der Waals surface area contributed by atoms with Crippen LogP contribution in [0.2, 0.25) is 0 Å². The molecule has 0 N–H and O–H groups in total. The van der Waals surface area contributed by atoms with Gasteiger partial charge in [-0.2, -0.15) is 4.31 Å². The van der Waals surface area contributed by atoms with Crippen molar-refractivity contribution in [1.29, 1.82) is 0 Å². The molecule has 1 aromatic carbocycles. The number of hydrogen-bond donors (Lipinski definition) is 0. The maximum Gasteiger partial charge on any atom is 0.243 e. The second kappa shape index (κ2) is 4.13. The molecule has 0 radical (unpaired) electrons.